The monoisotopic (exact) mass is 409 g/mol. The minimum absolute atomic E-state index is 0.210. The molecule has 3 rings (SSSR count). The maximum Gasteiger partial charge on any atom is 0.232 e. The van der Waals surface area contributed by atoms with Crippen molar-refractivity contribution in [2.75, 3.05) is 33.2 Å². The first-order valence-electron chi connectivity index (χ1n) is 9.27. The number of methoxy groups -OCH3 is 3. The Hall–Kier alpha value is -3.93. The molecule has 0 aliphatic rings. The summed E-state index contributed by atoms with van der Waals surface area (Å²) in [5.74, 6) is 2.27. The number of anilines is 1. The molecule has 0 unspecified atom stereocenters. The molecule has 3 aromatic rings. The van der Waals surface area contributed by atoms with Crippen molar-refractivity contribution >= 4 is 18.0 Å². The molecule has 0 amide bonds. The van der Waals surface area contributed by atoms with Gasteiger partial charge in [0, 0.05) is 31.6 Å². The lowest BCUT2D eigenvalue weighted by Crippen LogP contribution is -2.06. The van der Waals surface area contributed by atoms with Gasteiger partial charge >= 0.3 is 0 Å². The number of nitriles is 1. The number of hydrogen-bond acceptors (Lipinski definition) is 8. The molecule has 30 heavy (non-hydrogen) atoms. The van der Waals surface area contributed by atoms with Gasteiger partial charge in [0.05, 0.1) is 27.7 Å². The van der Waals surface area contributed by atoms with Crippen molar-refractivity contribution in [3.8, 4) is 23.3 Å². The first kappa shape index (κ1) is 20.8. The summed E-state index contributed by atoms with van der Waals surface area (Å²) in [5.41, 5.74) is 1.01. The van der Waals surface area contributed by atoms with Crippen LogP contribution in [0.5, 0.6) is 17.2 Å². The quantitative estimate of drug-likeness (QED) is 0.508. The number of aromatic nitrogens is 3. The van der Waals surface area contributed by atoms with Crippen molar-refractivity contribution in [2.45, 2.75) is 13.0 Å². The van der Waals surface area contributed by atoms with E-state index in [1.54, 1.807) is 58.1 Å². The molecule has 156 valence electrons. The van der Waals surface area contributed by atoms with E-state index in [1.165, 1.54) is 0 Å². The van der Waals surface area contributed by atoms with E-state index < -0.39 is 0 Å². The fourth-order valence-corrected chi connectivity index (χ4v) is 2.85. The Balaban J connectivity index is 1.69. The second-order valence-electron chi connectivity index (χ2n) is 6.21. The van der Waals surface area contributed by atoms with Gasteiger partial charge < -0.3 is 28.5 Å². The number of benzene rings is 1. The molecule has 0 radical (unpaired) electrons. The van der Waals surface area contributed by atoms with Gasteiger partial charge in [-0.3, -0.25) is 0 Å². The lowest BCUT2D eigenvalue weighted by molar-refractivity contribution is 0.324. The highest BCUT2D eigenvalue weighted by Crippen LogP contribution is 2.38. The number of nitrogens with zero attached hydrogens (tertiary/aromatic N) is 4. The van der Waals surface area contributed by atoms with Crippen molar-refractivity contribution in [1.29, 1.82) is 5.26 Å². The Morgan fingerprint density at radius 3 is 2.53 bits per heavy atom. The van der Waals surface area contributed by atoms with E-state index in [2.05, 4.69) is 15.3 Å². The molecule has 0 saturated carbocycles. The molecular formula is C21H23N5O4. The summed E-state index contributed by atoms with van der Waals surface area (Å²) in [6.45, 7) is 1.45. The van der Waals surface area contributed by atoms with Crippen molar-refractivity contribution in [2.24, 2.45) is 0 Å². The van der Waals surface area contributed by atoms with Crippen LogP contribution >= 0.6 is 0 Å². The van der Waals surface area contributed by atoms with E-state index in [0.29, 0.717) is 35.6 Å². The summed E-state index contributed by atoms with van der Waals surface area (Å²) in [5, 5.41) is 12.4. The normalized spacial score (nSPS) is 10.7. The lowest BCUT2D eigenvalue weighted by Gasteiger charge is -2.12. The summed E-state index contributed by atoms with van der Waals surface area (Å²) in [4.78, 5) is 8.22. The van der Waals surface area contributed by atoms with Crippen LogP contribution < -0.4 is 19.5 Å². The second-order valence-corrected chi connectivity index (χ2v) is 6.21. The van der Waals surface area contributed by atoms with E-state index >= 15 is 0 Å². The molecule has 1 aromatic carbocycles. The number of rotatable bonds is 10. The third-order valence-corrected chi connectivity index (χ3v) is 4.29. The van der Waals surface area contributed by atoms with E-state index in [0.717, 1.165) is 18.5 Å². The molecule has 0 aliphatic carbocycles. The number of hydrogen-bond donors (Lipinski definition) is 1. The number of aryl methyl sites for hydroxylation is 1. The Kier molecular flexibility index (Phi) is 6.95. The molecule has 0 bridgehead atoms. The van der Waals surface area contributed by atoms with Gasteiger partial charge in [0.2, 0.25) is 23.2 Å². The highest BCUT2D eigenvalue weighted by molar-refractivity contribution is 5.71. The van der Waals surface area contributed by atoms with Crippen LogP contribution in [0.4, 0.5) is 5.88 Å². The van der Waals surface area contributed by atoms with E-state index in [4.69, 9.17) is 18.6 Å². The standard InChI is InChI=1S/C21H23N5O4/c1-27-17-11-15(12-18(28-2)20(17)29-3)5-6-19-25-16(13-22)21(30-19)24-7-4-9-26-10-8-23-14-26/h5-6,8,10-12,14,24H,4,7,9H2,1-3H3/b6-5+. The van der Waals surface area contributed by atoms with Gasteiger partial charge in [-0.05, 0) is 30.2 Å². The SMILES string of the molecule is COc1cc(/C=C/c2nc(C#N)c(NCCCn3ccnc3)o2)cc(OC)c1OC. The van der Waals surface area contributed by atoms with Gasteiger partial charge in [-0.2, -0.15) is 10.2 Å². The Bertz CT molecular complexity index is 1010. The zero-order valence-electron chi connectivity index (χ0n) is 17.1. The second kappa shape index (κ2) is 10.0. The molecule has 9 nitrogen and oxygen atoms in total. The molecule has 9 heteroatoms. The highest BCUT2D eigenvalue weighted by Gasteiger charge is 2.13. The van der Waals surface area contributed by atoms with Crippen LogP contribution in [0, 0.1) is 11.3 Å². The average Bonchev–Trinajstić information content (AvgIpc) is 3.43. The van der Waals surface area contributed by atoms with Crippen LogP contribution in [0.3, 0.4) is 0 Å². The molecule has 0 fully saturated rings. The lowest BCUT2D eigenvalue weighted by atomic mass is 10.1. The van der Waals surface area contributed by atoms with Gasteiger partial charge in [-0.1, -0.05) is 0 Å². The molecule has 0 saturated heterocycles. The Morgan fingerprint density at radius 1 is 1.17 bits per heavy atom. The molecule has 0 spiro atoms. The van der Waals surface area contributed by atoms with E-state index in [9.17, 15) is 5.26 Å². The van der Waals surface area contributed by atoms with Crippen molar-refractivity contribution in [1.82, 2.24) is 14.5 Å². The number of ether oxygens (including phenoxy) is 3. The van der Waals surface area contributed by atoms with Gasteiger partial charge in [0.15, 0.2) is 11.5 Å². The number of oxazole rings is 1. The van der Waals surface area contributed by atoms with Crippen LogP contribution in [0.2, 0.25) is 0 Å². The summed E-state index contributed by atoms with van der Waals surface area (Å²) in [7, 11) is 4.67. The van der Waals surface area contributed by atoms with Crippen LogP contribution in [0.15, 0.2) is 35.3 Å². The summed E-state index contributed by atoms with van der Waals surface area (Å²) >= 11 is 0. The summed E-state index contributed by atoms with van der Waals surface area (Å²) in [6, 6.07) is 5.66. The maximum absolute atomic E-state index is 9.32. The molecular weight excluding hydrogens is 386 g/mol. The minimum Gasteiger partial charge on any atom is -0.493 e. The first-order chi connectivity index (χ1) is 14.7. The van der Waals surface area contributed by atoms with Crippen LogP contribution in [-0.4, -0.2) is 42.4 Å². The molecule has 1 N–H and O–H groups in total. The predicted octanol–water partition coefficient (Wildman–Crippen LogP) is 3.44. The summed E-state index contributed by atoms with van der Waals surface area (Å²) in [6.07, 6.45) is 9.73. The largest absolute Gasteiger partial charge is 0.493 e. The van der Waals surface area contributed by atoms with Gasteiger partial charge in [-0.25, -0.2) is 4.98 Å². The third-order valence-electron chi connectivity index (χ3n) is 4.29. The van der Waals surface area contributed by atoms with Crippen molar-refractivity contribution < 1.29 is 18.6 Å². The Labute approximate surface area is 174 Å². The summed E-state index contributed by atoms with van der Waals surface area (Å²) < 4.78 is 23.7. The smallest absolute Gasteiger partial charge is 0.232 e. The zero-order valence-corrected chi connectivity index (χ0v) is 17.1. The average molecular weight is 409 g/mol. The first-order valence-corrected chi connectivity index (χ1v) is 9.27. The number of nitrogens with one attached hydrogen (secondary N) is 1. The predicted molar refractivity (Wildman–Crippen MR) is 112 cm³/mol. The van der Waals surface area contributed by atoms with Gasteiger partial charge in [0.25, 0.3) is 0 Å². The van der Waals surface area contributed by atoms with E-state index in [1.807, 2.05) is 16.8 Å². The molecule has 2 aromatic heterocycles. The number of imidazole rings is 1. The Morgan fingerprint density at radius 2 is 1.93 bits per heavy atom. The van der Waals surface area contributed by atoms with Crippen LogP contribution in [-0.2, 0) is 6.54 Å². The molecule has 0 atom stereocenters. The zero-order chi connectivity index (χ0) is 21.3. The molecule has 2 heterocycles. The van der Waals surface area contributed by atoms with Gasteiger partial charge in [-0.15, -0.1) is 0 Å². The maximum atomic E-state index is 9.32. The fraction of sp³-hybridized carbons (Fsp3) is 0.286. The van der Waals surface area contributed by atoms with Crippen molar-refractivity contribution in [3.63, 3.8) is 0 Å². The van der Waals surface area contributed by atoms with Crippen molar-refractivity contribution in [3.05, 3.63) is 48.0 Å². The molecule has 0 aliphatic heterocycles. The fourth-order valence-electron chi connectivity index (χ4n) is 2.85. The topological polar surface area (TPSA) is 107 Å². The minimum atomic E-state index is 0.210. The van der Waals surface area contributed by atoms with Crippen LogP contribution in [0.25, 0.3) is 12.2 Å². The van der Waals surface area contributed by atoms with E-state index in [-0.39, 0.29) is 5.69 Å². The highest BCUT2D eigenvalue weighted by atomic mass is 16.5. The van der Waals surface area contributed by atoms with Crippen LogP contribution in [0.1, 0.15) is 23.6 Å². The third kappa shape index (κ3) is 4.91. The van der Waals surface area contributed by atoms with Gasteiger partial charge in [0.1, 0.15) is 6.07 Å².